The third-order valence-corrected chi connectivity index (χ3v) is 6.90. The summed E-state index contributed by atoms with van der Waals surface area (Å²) in [5.41, 5.74) is 5.13. The van der Waals surface area contributed by atoms with Gasteiger partial charge in [-0.25, -0.2) is 0 Å². The highest BCUT2D eigenvalue weighted by Gasteiger charge is 2.19. The van der Waals surface area contributed by atoms with Gasteiger partial charge >= 0.3 is 0 Å². The molecule has 1 atom stereocenters. The van der Waals surface area contributed by atoms with E-state index < -0.39 is 0 Å². The number of rotatable bonds is 10. The highest BCUT2D eigenvalue weighted by atomic mass is 32.2. The lowest BCUT2D eigenvalue weighted by Crippen LogP contribution is -2.20. The molecule has 0 amide bonds. The Hall–Kier alpha value is -2.41. The minimum atomic E-state index is 0.336. The first kappa shape index (κ1) is 22.8. The van der Waals surface area contributed by atoms with Crippen LogP contribution in [0, 0.1) is 6.92 Å². The van der Waals surface area contributed by atoms with Crippen LogP contribution in [0.25, 0.3) is 11.1 Å². The summed E-state index contributed by atoms with van der Waals surface area (Å²) in [6.45, 7) is 9.26. The Morgan fingerprint density at radius 2 is 1.97 bits per heavy atom. The molecule has 1 aliphatic heterocycles. The number of aryl methyl sites for hydroxylation is 1. The van der Waals surface area contributed by atoms with E-state index in [9.17, 15) is 0 Å². The van der Waals surface area contributed by atoms with Crippen molar-refractivity contribution in [2.24, 2.45) is 0 Å². The van der Waals surface area contributed by atoms with Gasteiger partial charge in [0.15, 0.2) is 5.16 Å². The van der Waals surface area contributed by atoms with E-state index in [0.29, 0.717) is 6.10 Å². The van der Waals surface area contributed by atoms with E-state index in [0.717, 1.165) is 55.8 Å². The Bertz CT molecular complexity index is 1020. The predicted octanol–water partition coefficient (Wildman–Crippen LogP) is 5.34. The highest BCUT2D eigenvalue weighted by Crippen LogP contribution is 2.25. The van der Waals surface area contributed by atoms with E-state index in [1.165, 1.54) is 22.3 Å². The molecule has 1 aromatic heterocycles. The summed E-state index contributed by atoms with van der Waals surface area (Å²) in [7, 11) is 2.13. The number of benzene rings is 2. The van der Waals surface area contributed by atoms with Gasteiger partial charge in [-0.2, -0.15) is 0 Å². The summed E-state index contributed by atoms with van der Waals surface area (Å²) < 4.78 is 7.92. The van der Waals surface area contributed by atoms with Crippen LogP contribution in [0.3, 0.4) is 0 Å². The van der Waals surface area contributed by atoms with E-state index in [4.69, 9.17) is 4.74 Å². The third kappa shape index (κ3) is 5.68. The number of thioether (sulfide) groups is 1. The fraction of sp³-hybridized carbons (Fsp3) is 0.385. The molecule has 1 saturated heterocycles. The highest BCUT2D eigenvalue weighted by molar-refractivity contribution is 7.99. The molecule has 168 valence electrons. The van der Waals surface area contributed by atoms with E-state index in [1.54, 1.807) is 11.8 Å². The van der Waals surface area contributed by atoms with Gasteiger partial charge < -0.3 is 9.30 Å². The fourth-order valence-corrected chi connectivity index (χ4v) is 5.13. The predicted molar refractivity (Wildman–Crippen MR) is 132 cm³/mol. The average Bonchev–Trinajstić information content (AvgIpc) is 3.44. The van der Waals surface area contributed by atoms with Crippen LogP contribution in [0.2, 0.25) is 0 Å². The molecule has 2 heterocycles. The largest absolute Gasteiger partial charge is 0.377 e. The van der Waals surface area contributed by atoms with E-state index >= 15 is 0 Å². The maximum Gasteiger partial charge on any atom is 0.191 e. The van der Waals surface area contributed by atoms with Crippen LogP contribution < -0.4 is 0 Å². The van der Waals surface area contributed by atoms with Gasteiger partial charge in [-0.3, -0.25) is 4.90 Å². The third-order valence-electron chi connectivity index (χ3n) is 5.80. The first-order valence-corrected chi connectivity index (χ1v) is 12.2. The summed E-state index contributed by atoms with van der Waals surface area (Å²) in [5, 5.41) is 9.89. The first-order valence-electron chi connectivity index (χ1n) is 11.2. The van der Waals surface area contributed by atoms with Gasteiger partial charge in [0.25, 0.3) is 0 Å². The lowest BCUT2D eigenvalue weighted by Gasteiger charge is -2.17. The zero-order valence-electron chi connectivity index (χ0n) is 19.0. The van der Waals surface area contributed by atoms with Crippen molar-refractivity contribution >= 4 is 11.8 Å². The second-order valence-corrected chi connectivity index (χ2v) is 9.42. The molecule has 0 spiro atoms. The van der Waals surface area contributed by atoms with Crippen LogP contribution in [-0.2, 0) is 24.4 Å². The van der Waals surface area contributed by atoms with Gasteiger partial charge in [0.2, 0.25) is 0 Å². The van der Waals surface area contributed by atoms with Gasteiger partial charge in [-0.05, 0) is 49.1 Å². The molecule has 6 heteroatoms. The molecule has 4 rings (SSSR count). The number of aromatic nitrogens is 3. The van der Waals surface area contributed by atoms with Crippen molar-refractivity contribution in [3.8, 4) is 11.1 Å². The van der Waals surface area contributed by atoms with Crippen LogP contribution >= 0.6 is 11.8 Å². The Balaban J connectivity index is 1.38. The van der Waals surface area contributed by atoms with Crippen LogP contribution in [0.4, 0.5) is 0 Å². The lowest BCUT2D eigenvalue weighted by molar-refractivity contribution is 0.129. The van der Waals surface area contributed by atoms with Crippen molar-refractivity contribution in [2.75, 3.05) is 19.4 Å². The molecule has 0 aliphatic carbocycles. The van der Waals surface area contributed by atoms with Crippen LogP contribution in [0.1, 0.15) is 29.8 Å². The van der Waals surface area contributed by atoms with E-state index in [2.05, 4.69) is 88.7 Å². The summed E-state index contributed by atoms with van der Waals surface area (Å²) in [5.74, 6) is 1.90. The number of nitrogens with zero attached hydrogens (tertiary/aromatic N) is 4. The second-order valence-electron chi connectivity index (χ2n) is 8.43. The van der Waals surface area contributed by atoms with Crippen molar-refractivity contribution in [2.45, 2.75) is 50.7 Å². The Morgan fingerprint density at radius 1 is 1.16 bits per heavy atom. The Morgan fingerprint density at radius 3 is 2.69 bits per heavy atom. The molecular weight excluding hydrogens is 416 g/mol. The first-order chi connectivity index (χ1) is 15.6. The summed E-state index contributed by atoms with van der Waals surface area (Å²) >= 11 is 1.73. The SMILES string of the molecule is C=CCn1c(CN(C)Cc2ccc(-c3ccccc3C)cc2)nnc1SCC1CCCO1. The molecule has 1 fully saturated rings. The molecule has 0 saturated carbocycles. The van der Waals surface area contributed by atoms with Gasteiger partial charge in [0.05, 0.1) is 12.6 Å². The monoisotopic (exact) mass is 448 g/mol. The van der Waals surface area contributed by atoms with Gasteiger partial charge in [0, 0.05) is 25.4 Å². The van der Waals surface area contributed by atoms with E-state index in [-0.39, 0.29) is 0 Å². The molecule has 5 nitrogen and oxygen atoms in total. The smallest absolute Gasteiger partial charge is 0.191 e. The van der Waals surface area contributed by atoms with Crippen molar-refractivity contribution in [3.63, 3.8) is 0 Å². The standard InChI is InChI=1S/C26H32N4OS/c1-4-15-30-25(27-28-26(30)32-19-23-9-7-16-31-23)18-29(3)17-21-11-13-22(14-12-21)24-10-6-5-8-20(24)2/h4-6,8,10-14,23H,1,7,9,15-19H2,2-3H3. The van der Waals surface area contributed by atoms with Crippen LogP contribution in [-0.4, -0.2) is 45.2 Å². The molecule has 1 unspecified atom stereocenters. The Labute approximate surface area is 195 Å². The maximum atomic E-state index is 5.75. The van der Waals surface area contributed by atoms with Gasteiger partial charge in [-0.15, -0.1) is 16.8 Å². The summed E-state index contributed by atoms with van der Waals surface area (Å²) in [6, 6.07) is 17.4. The quantitative estimate of drug-likeness (QED) is 0.309. The van der Waals surface area contributed by atoms with Crippen molar-refractivity contribution < 1.29 is 4.74 Å². The summed E-state index contributed by atoms with van der Waals surface area (Å²) in [4.78, 5) is 2.28. The van der Waals surface area contributed by atoms with Crippen LogP contribution in [0.5, 0.6) is 0 Å². The van der Waals surface area contributed by atoms with E-state index in [1.807, 2.05) is 6.08 Å². The molecule has 0 bridgehead atoms. The van der Waals surface area contributed by atoms with Crippen molar-refractivity contribution in [1.29, 1.82) is 0 Å². The fourth-order valence-electron chi connectivity index (χ4n) is 4.09. The van der Waals surface area contributed by atoms with Crippen molar-refractivity contribution in [1.82, 2.24) is 19.7 Å². The Kier molecular flexibility index (Phi) is 7.79. The molecule has 0 N–H and O–H groups in total. The zero-order chi connectivity index (χ0) is 22.3. The van der Waals surface area contributed by atoms with Gasteiger partial charge in [-0.1, -0.05) is 66.4 Å². The molecule has 1 aliphatic rings. The minimum absolute atomic E-state index is 0.336. The summed E-state index contributed by atoms with van der Waals surface area (Å²) in [6.07, 6.45) is 4.54. The molecule has 3 aromatic rings. The molecule has 0 radical (unpaired) electrons. The number of hydrogen-bond acceptors (Lipinski definition) is 5. The molecule has 32 heavy (non-hydrogen) atoms. The van der Waals surface area contributed by atoms with Crippen molar-refractivity contribution in [3.05, 3.63) is 78.1 Å². The minimum Gasteiger partial charge on any atom is -0.377 e. The number of ether oxygens (including phenoxy) is 1. The second kappa shape index (κ2) is 10.9. The number of hydrogen-bond donors (Lipinski definition) is 0. The van der Waals surface area contributed by atoms with Crippen LogP contribution in [0.15, 0.2) is 66.3 Å². The molecule has 2 aromatic carbocycles. The maximum absolute atomic E-state index is 5.75. The topological polar surface area (TPSA) is 43.2 Å². The van der Waals surface area contributed by atoms with Gasteiger partial charge in [0.1, 0.15) is 5.82 Å². The zero-order valence-corrected chi connectivity index (χ0v) is 19.9. The normalized spacial score (nSPS) is 16.0. The number of allylic oxidation sites excluding steroid dienone is 1. The molecular formula is C26H32N4OS. The average molecular weight is 449 g/mol. The lowest BCUT2D eigenvalue weighted by atomic mass is 9.99.